The van der Waals surface area contributed by atoms with Crippen molar-refractivity contribution in [2.45, 2.75) is 0 Å². The first-order valence-corrected chi connectivity index (χ1v) is 7.14. The van der Waals surface area contributed by atoms with E-state index in [-0.39, 0.29) is 0 Å². The highest BCUT2D eigenvalue weighted by Gasteiger charge is 2.06. The summed E-state index contributed by atoms with van der Waals surface area (Å²) in [7, 11) is 0. The van der Waals surface area contributed by atoms with Gasteiger partial charge < -0.3 is 11.1 Å². The number of halogens is 1. The van der Waals surface area contributed by atoms with Crippen molar-refractivity contribution >= 4 is 51.1 Å². The van der Waals surface area contributed by atoms with E-state index in [0.717, 1.165) is 22.3 Å². The zero-order chi connectivity index (χ0) is 14.8. The zero-order valence-corrected chi connectivity index (χ0v) is 12.6. The minimum atomic E-state index is 0.290. The van der Waals surface area contributed by atoms with E-state index >= 15 is 0 Å². The van der Waals surface area contributed by atoms with Gasteiger partial charge in [-0.15, -0.1) is 0 Å². The molecule has 0 saturated carbocycles. The van der Waals surface area contributed by atoms with Crippen LogP contribution in [-0.4, -0.2) is 9.97 Å². The highest BCUT2D eigenvalue weighted by Crippen LogP contribution is 2.27. The number of nitrogens with two attached hydrogens (primary N) is 1. The van der Waals surface area contributed by atoms with E-state index in [2.05, 4.69) is 10.3 Å². The molecule has 3 N–H and O–H groups in total. The van der Waals surface area contributed by atoms with Gasteiger partial charge >= 0.3 is 0 Å². The molecular weight excluding hydrogens is 302 g/mol. The average molecular weight is 314 g/mol. The molecule has 1 aromatic heterocycles. The molecule has 0 radical (unpaired) electrons. The molecule has 5 heteroatoms. The second-order valence-electron chi connectivity index (χ2n) is 4.56. The number of para-hydroxylation sites is 1. The topological polar surface area (TPSA) is 50.9 Å². The predicted octanol–water partition coefficient (Wildman–Crippen LogP) is 4.27. The van der Waals surface area contributed by atoms with E-state index in [1.807, 2.05) is 42.5 Å². The van der Waals surface area contributed by atoms with Crippen LogP contribution in [0.1, 0.15) is 5.56 Å². The summed E-state index contributed by atoms with van der Waals surface area (Å²) < 4.78 is 0. The Balaban J connectivity index is 1.99. The lowest BCUT2D eigenvalue weighted by molar-refractivity contribution is 1.40. The van der Waals surface area contributed by atoms with Gasteiger partial charge in [-0.05, 0) is 30.3 Å². The van der Waals surface area contributed by atoms with Crippen LogP contribution in [0.4, 0.5) is 11.4 Å². The molecule has 0 aliphatic rings. The van der Waals surface area contributed by atoms with Crippen molar-refractivity contribution in [3.8, 4) is 0 Å². The van der Waals surface area contributed by atoms with E-state index in [1.54, 1.807) is 12.3 Å². The second kappa shape index (κ2) is 5.68. The normalized spacial score (nSPS) is 10.5. The average Bonchev–Trinajstić information content (AvgIpc) is 2.47. The van der Waals surface area contributed by atoms with E-state index in [1.165, 1.54) is 0 Å². The van der Waals surface area contributed by atoms with Crippen molar-refractivity contribution in [1.29, 1.82) is 0 Å². The first-order chi connectivity index (χ1) is 10.1. The maximum absolute atomic E-state index is 6.19. The Morgan fingerprint density at radius 1 is 1.14 bits per heavy atom. The predicted molar refractivity (Wildman–Crippen MR) is 92.4 cm³/mol. The molecule has 0 aliphatic heterocycles. The lowest BCUT2D eigenvalue weighted by Crippen LogP contribution is -2.09. The summed E-state index contributed by atoms with van der Waals surface area (Å²) in [6, 6.07) is 15.4. The summed E-state index contributed by atoms with van der Waals surface area (Å²) in [5.74, 6) is 0. The Labute approximate surface area is 132 Å². The van der Waals surface area contributed by atoms with E-state index in [0.29, 0.717) is 15.6 Å². The fraction of sp³-hybridized carbons (Fsp3) is 0. The molecule has 0 atom stereocenters. The molecule has 104 valence electrons. The van der Waals surface area contributed by atoms with Gasteiger partial charge in [0.1, 0.15) is 4.99 Å². The number of anilines is 2. The number of fused-ring (bicyclic) bond motifs is 1. The number of benzene rings is 2. The van der Waals surface area contributed by atoms with Crippen molar-refractivity contribution in [2.24, 2.45) is 5.73 Å². The Bertz CT molecular complexity index is 827. The van der Waals surface area contributed by atoms with Gasteiger partial charge in [0.15, 0.2) is 0 Å². The molecule has 0 spiro atoms. The van der Waals surface area contributed by atoms with Gasteiger partial charge in [0.2, 0.25) is 0 Å². The fourth-order valence-electron chi connectivity index (χ4n) is 2.15. The first-order valence-electron chi connectivity index (χ1n) is 6.35. The summed E-state index contributed by atoms with van der Waals surface area (Å²) in [4.78, 5) is 4.70. The standard InChI is InChI=1S/C16H12ClN3S/c17-13-9-11(6-7-12(13)16(18)21)20-14-5-1-3-10-4-2-8-19-15(10)14/h1-9,20H,(H2,18,21). The van der Waals surface area contributed by atoms with Gasteiger partial charge in [-0.25, -0.2) is 0 Å². The third-order valence-corrected chi connectivity index (χ3v) is 3.68. The van der Waals surface area contributed by atoms with Crippen LogP contribution < -0.4 is 11.1 Å². The van der Waals surface area contributed by atoms with Crippen LogP contribution in [0.5, 0.6) is 0 Å². The van der Waals surface area contributed by atoms with Crippen molar-refractivity contribution in [3.05, 3.63) is 65.3 Å². The monoisotopic (exact) mass is 313 g/mol. The minimum Gasteiger partial charge on any atom is -0.389 e. The number of hydrogen-bond acceptors (Lipinski definition) is 3. The highest BCUT2D eigenvalue weighted by atomic mass is 35.5. The highest BCUT2D eigenvalue weighted by molar-refractivity contribution is 7.80. The third kappa shape index (κ3) is 2.82. The van der Waals surface area contributed by atoms with Gasteiger partial charge in [0, 0.05) is 22.8 Å². The van der Waals surface area contributed by atoms with Crippen molar-refractivity contribution in [2.75, 3.05) is 5.32 Å². The molecule has 21 heavy (non-hydrogen) atoms. The summed E-state index contributed by atoms with van der Waals surface area (Å²) >= 11 is 11.1. The maximum Gasteiger partial charge on any atom is 0.105 e. The zero-order valence-electron chi connectivity index (χ0n) is 11.0. The molecule has 0 saturated heterocycles. The fourth-order valence-corrected chi connectivity index (χ4v) is 2.67. The molecule has 0 bridgehead atoms. The quantitative estimate of drug-likeness (QED) is 0.709. The molecular formula is C16H12ClN3S. The number of pyridine rings is 1. The SMILES string of the molecule is NC(=S)c1ccc(Nc2cccc3cccnc23)cc1Cl. The lowest BCUT2D eigenvalue weighted by atomic mass is 10.1. The van der Waals surface area contributed by atoms with E-state index in [4.69, 9.17) is 29.6 Å². The van der Waals surface area contributed by atoms with Crippen LogP contribution in [0.15, 0.2) is 54.7 Å². The van der Waals surface area contributed by atoms with E-state index in [9.17, 15) is 0 Å². The number of rotatable bonds is 3. The third-order valence-electron chi connectivity index (χ3n) is 3.15. The van der Waals surface area contributed by atoms with E-state index < -0.39 is 0 Å². The van der Waals surface area contributed by atoms with Crippen LogP contribution in [0.2, 0.25) is 5.02 Å². The second-order valence-corrected chi connectivity index (χ2v) is 5.41. The van der Waals surface area contributed by atoms with Crippen LogP contribution in [0, 0.1) is 0 Å². The Morgan fingerprint density at radius 2 is 1.95 bits per heavy atom. The maximum atomic E-state index is 6.19. The molecule has 0 amide bonds. The number of nitrogens with zero attached hydrogens (tertiary/aromatic N) is 1. The van der Waals surface area contributed by atoms with Crippen LogP contribution in [0.25, 0.3) is 10.9 Å². The minimum absolute atomic E-state index is 0.290. The molecule has 3 rings (SSSR count). The van der Waals surface area contributed by atoms with Crippen LogP contribution >= 0.6 is 23.8 Å². The number of aromatic nitrogens is 1. The number of nitrogens with one attached hydrogen (secondary N) is 1. The smallest absolute Gasteiger partial charge is 0.105 e. The lowest BCUT2D eigenvalue weighted by Gasteiger charge is -2.10. The van der Waals surface area contributed by atoms with Crippen molar-refractivity contribution in [3.63, 3.8) is 0 Å². The molecule has 3 nitrogen and oxygen atoms in total. The number of hydrogen-bond donors (Lipinski definition) is 2. The summed E-state index contributed by atoms with van der Waals surface area (Å²) in [5, 5.41) is 4.93. The Kier molecular flexibility index (Phi) is 3.73. The van der Waals surface area contributed by atoms with Gasteiger partial charge in [-0.2, -0.15) is 0 Å². The molecule has 1 heterocycles. The largest absolute Gasteiger partial charge is 0.389 e. The number of thiocarbonyl (C=S) groups is 1. The van der Waals surface area contributed by atoms with Gasteiger partial charge in [0.25, 0.3) is 0 Å². The van der Waals surface area contributed by atoms with Crippen LogP contribution in [-0.2, 0) is 0 Å². The first kappa shape index (κ1) is 13.8. The molecule has 3 aromatic rings. The van der Waals surface area contributed by atoms with Crippen molar-refractivity contribution in [1.82, 2.24) is 4.98 Å². The molecule has 0 fully saturated rings. The Hall–Kier alpha value is -2.17. The van der Waals surface area contributed by atoms with Crippen LogP contribution in [0.3, 0.4) is 0 Å². The van der Waals surface area contributed by atoms with Crippen molar-refractivity contribution < 1.29 is 0 Å². The Morgan fingerprint density at radius 3 is 2.71 bits per heavy atom. The van der Waals surface area contributed by atoms with Gasteiger partial charge in [0.05, 0.1) is 16.2 Å². The summed E-state index contributed by atoms with van der Waals surface area (Å²) in [6.07, 6.45) is 1.77. The molecule has 2 aromatic carbocycles. The molecule has 0 unspecified atom stereocenters. The van der Waals surface area contributed by atoms with Gasteiger partial charge in [-0.3, -0.25) is 4.98 Å². The van der Waals surface area contributed by atoms with Gasteiger partial charge in [-0.1, -0.05) is 42.0 Å². The molecule has 0 aliphatic carbocycles. The summed E-state index contributed by atoms with van der Waals surface area (Å²) in [5.41, 5.74) is 8.98. The summed E-state index contributed by atoms with van der Waals surface area (Å²) in [6.45, 7) is 0.